The predicted octanol–water partition coefficient (Wildman–Crippen LogP) is 4.50. The van der Waals surface area contributed by atoms with E-state index < -0.39 is 0 Å². The number of benzene rings is 2. The summed E-state index contributed by atoms with van der Waals surface area (Å²) in [5, 5.41) is 0.614. The molecule has 170 valence electrons. The summed E-state index contributed by atoms with van der Waals surface area (Å²) in [4.78, 5) is 33.8. The second-order valence-electron chi connectivity index (χ2n) is 7.29. The van der Waals surface area contributed by atoms with Crippen molar-refractivity contribution in [2.75, 3.05) is 45.3 Å². The zero-order valence-electron chi connectivity index (χ0n) is 19.2. The van der Waals surface area contributed by atoms with Gasteiger partial charge in [-0.2, -0.15) is 0 Å². The van der Waals surface area contributed by atoms with Crippen LogP contribution in [0.15, 0.2) is 36.4 Å². The summed E-state index contributed by atoms with van der Waals surface area (Å²) in [6.07, 6.45) is 0. The fourth-order valence-electron chi connectivity index (χ4n) is 3.43. The molecule has 1 aromatic heterocycles. The number of Topliss-reactive ketones (excluding diaryl/α,β-unsaturated/α-hetero) is 1. The molecule has 8 heteroatoms. The van der Waals surface area contributed by atoms with Crippen LogP contribution < -0.4 is 14.4 Å². The predicted molar refractivity (Wildman–Crippen MR) is 129 cm³/mol. The minimum absolute atomic E-state index is 0.0311. The van der Waals surface area contributed by atoms with Crippen LogP contribution in [0.4, 0.5) is 5.13 Å². The molecule has 0 saturated heterocycles. The molecule has 1 heterocycles. The lowest BCUT2D eigenvalue weighted by Crippen LogP contribution is -2.38. The molecule has 0 fully saturated rings. The van der Waals surface area contributed by atoms with Crippen molar-refractivity contribution in [3.63, 3.8) is 0 Å². The number of amides is 1. The van der Waals surface area contributed by atoms with Gasteiger partial charge in [-0.25, -0.2) is 4.98 Å². The quantitative estimate of drug-likeness (QED) is 0.419. The molecule has 0 N–H and O–H groups in total. The molecule has 3 rings (SSSR count). The van der Waals surface area contributed by atoms with Gasteiger partial charge in [0.25, 0.3) is 5.91 Å². The number of hydrogen-bond donors (Lipinski definition) is 0. The number of rotatable bonds is 10. The van der Waals surface area contributed by atoms with E-state index >= 15 is 0 Å². The lowest BCUT2D eigenvalue weighted by atomic mass is 10.1. The average Bonchev–Trinajstić information content (AvgIpc) is 3.23. The molecule has 0 saturated carbocycles. The Labute approximate surface area is 192 Å². The van der Waals surface area contributed by atoms with Crippen LogP contribution in [0.5, 0.6) is 11.5 Å². The molecule has 0 unspecified atom stereocenters. The first-order valence-electron chi connectivity index (χ1n) is 10.6. The van der Waals surface area contributed by atoms with Gasteiger partial charge in [0.15, 0.2) is 22.4 Å². The van der Waals surface area contributed by atoms with Crippen LogP contribution in [0.2, 0.25) is 0 Å². The molecule has 0 aliphatic rings. The molecule has 0 bridgehead atoms. The number of likely N-dealkylation sites (N-methyl/N-ethyl adjacent to an activating group) is 1. The van der Waals surface area contributed by atoms with E-state index in [2.05, 4.69) is 18.7 Å². The van der Waals surface area contributed by atoms with Gasteiger partial charge >= 0.3 is 0 Å². The number of carbonyl (C=O) groups is 2. The maximum atomic E-state index is 13.5. The summed E-state index contributed by atoms with van der Waals surface area (Å²) in [6.45, 7) is 8.76. The van der Waals surface area contributed by atoms with Gasteiger partial charge in [0.2, 0.25) is 0 Å². The lowest BCUT2D eigenvalue weighted by molar-refractivity contribution is 0.0980. The van der Waals surface area contributed by atoms with Crippen molar-refractivity contribution in [2.45, 2.75) is 20.8 Å². The largest absolute Gasteiger partial charge is 0.493 e. The Morgan fingerprint density at radius 1 is 0.938 bits per heavy atom. The zero-order chi connectivity index (χ0) is 23.3. The van der Waals surface area contributed by atoms with E-state index in [1.54, 1.807) is 43.4 Å². The van der Waals surface area contributed by atoms with Gasteiger partial charge in [0, 0.05) is 36.3 Å². The molecule has 0 spiro atoms. The van der Waals surface area contributed by atoms with Gasteiger partial charge in [-0.05, 0) is 32.1 Å². The third kappa shape index (κ3) is 5.08. The number of hydrogen-bond acceptors (Lipinski definition) is 7. The normalized spacial score (nSPS) is 11.1. The molecule has 2 aromatic carbocycles. The molecule has 0 aliphatic carbocycles. The highest BCUT2D eigenvalue weighted by Gasteiger charge is 2.23. The van der Waals surface area contributed by atoms with Gasteiger partial charge in [0.05, 0.1) is 24.4 Å². The van der Waals surface area contributed by atoms with Gasteiger partial charge in [-0.3, -0.25) is 14.5 Å². The van der Waals surface area contributed by atoms with Crippen molar-refractivity contribution in [2.24, 2.45) is 0 Å². The Balaban J connectivity index is 1.99. The smallest absolute Gasteiger partial charge is 0.260 e. The molecule has 7 nitrogen and oxygen atoms in total. The number of ketones is 1. The maximum Gasteiger partial charge on any atom is 0.260 e. The molecule has 0 radical (unpaired) electrons. The van der Waals surface area contributed by atoms with E-state index in [1.807, 2.05) is 12.1 Å². The summed E-state index contributed by atoms with van der Waals surface area (Å²) in [5.74, 6) is 1.04. The molecular weight excluding hydrogens is 426 g/mol. The molecule has 1 amide bonds. The highest BCUT2D eigenvalue weighted by atomic mass is 32.1. The first-order chi connectivity index (χ1) is 15.4. The van der Waals surface area contributed by atoms with Crippen LogP contribution in [-0.2, 0) is 0 Å². The minimum Gasteiger partial charge on any atom is -0.493 e. The lowest BCUT2D eigenvalue weighted by Gasteiger charge is -2.24. The Bertz CT molecular complexity index is 1050. The summed E-state index contributed by atoms with van der Waals surface area (Å²) in [6, 6.07) is 10.5. The SMILES string of the molecule is CCN(CC)CCN(C(=O)c1ccc(C(C)=O)cc1)c1nc2cc(OC)c(OC)cc2s1. The average molecular weight is 456 g/mol. The Hall–Kier alpha value is -2.97. The van der Waals surface area contributed by atoms with Crippen molar-refractivity contribution < 1.29 is 19.1 Å². The van der Waals surface area contributed by atoms with Gasteiger partial charge < -0.3 is 14.4 Å². The minimum atomic E-state index is -0.148. The number of thiazole rings is 1. The van der Waals surface area contributed by atoms with E-state index in [0.29, 0.717) is 34.3 Å². The molecular formula is C24H29N3O4S. The van der Waals surface area contributed by atoms with Crippen molar-refractivity contribution in [3.8, 4) is 11.5 Å². The fourth-order valence-corrected chi connectivity index (χ4v) is 4.43. The van der Waals surface area contributed by atoms with Crippen molar-refractivity contribution >= 4 is 38.4 Å². The van der Waals surface area contributed by atoms with Crippen LogP contribution in [0, 0.1) is 0 Å². The third-order valence-corrected chi connectivity index (χ3v) is 6.47. The number of ether oxygens (including phenoxy) is 2. The molecule has 32 heavy (non-hydrogen) atoms. The van der Waals surface area contributed by atoms with E-state index in [1.165, 1.54) is 18.3 Å². The first-order valence-corrected chi connectivity index (χ1v) is 11.4. The van der Waals surface area contributed by atoms with Gasteiger partial charge in [-0.1, -0.05) is 37.3 Å². The zero-order valence-corrected chi connectivity index (χ0v) is 20.0. The highest BCUT2D eigenvalue weighted by Crippen LogP contribution is 2.37. The standard InChI is InChI=1S/C24H29N3O4S/c1-6-26(7-2)12-13-27(23(29)18-10-8-17(9-11-18)16(3)28)24-25-19-14-20(30-4)21(31-5)15-22(19)32-24/h8-11,14-15H,6-7,12-13H2,1-5H3. The number of fused-ring (bicyclic) bond motifs is 1. The summed E-state index contributed by atoms with van der Waals surface area (Å²) < 4.78 is 11.7. The number of methoxy groups -OCH3 is 2. The number of carbonyl (C=O) groups excluding carboxylic acids is 2. The number of anilines is 1. The summed E-state index contributed by atoms with van der Waals surface area (Å²) in [5.41, 5.74) is 1.84. The topological polar surface area (TPSA) is 72.0 Å². The van der Waals surface area contributed by atoms with Crippen molar-refractivity contribution in [1.82, 2.24) is 9.88 Å². The van der Waals surface area contributed by atoms with Gasteiger partial charge in [0.1, 0.15) is 0 Å². The van der Waals surface area contributed by atoms with E-state index in [-0.39, 0.29) is 11.7 Å². The van der Waals surface area contributed by atoms with E-state index in [9.17, 15) is 9.59 Å². The van der Waals surface area contributed by atoms with E-state index in [4.69, 9.17) is 14.5 Å². The number of aromatic nitrogens is 1. The van der Waals surface area contributed by atoms with Crippen LogP contribution >= 0.6 is 11.3 Å². The fraction of sp³-hybridized carbons (Fsp3) is 0.375. The van der Waals surface area contributed by atoms with Crippen molar-refractivity contribution in [3.05, 3.63) is 47.5 Å². The first kappa shape index (κ1) is 23.7. The molecule has 0 atom stereocenters. The molecule has 3 aromatic rings. The van der Waals surface area contributed by atoms with Crippen molar-refractivity contribution in [1.29, 1.82) is 0 Å². The Morgan fingerprint density at radius 3 is 2.09 bits per heavy atom. The monoisotopic (exact) mass is 455 g/mol. The van der Waals surface area contributed by atoms with Gasteiger partial charge in [-0.15, -0.1) is 0 Å². The molecule has 0 aliphatic heterocycles. The van der Waals surface area contributed by atoms with Crippen LogP contribution in [-0.4, -0.2) is 62.0 Å². The van der Waals surface area contributed by atoms with E-state index in [0.717, 1.165) is 29.9 Å². The van der Waals surface area contributed by atoms with Crippen LogP contribution in [0.25, 0.3) is 10.2 Å². The highest BCUT2D eigenvalue weighted by molar-refractivity contribution is 7.22. The summed E-state index contributed by atoms with van der Waals surface area (Å²) >= 11 is 1.44. The van der Waals surface area contributed by atoms with Crippen LogP contribution in [0.3, 0.4) is 0 Å². The number of nitrogens with zero attached hydrogens (tertiary/aromatic N) is 3. The summed E-state index contributed by atoms with van der Waals surface area (Å²) in [7, 11) is 3.18. The maximum absolute atomic E-state index is 13.5. The second-order valence-corrected chi connectivity index (χ2v) is 8.30. The Kier molecular flexibility index (Phi) is 7.82. The third-order valence-electron chi connectivity index (χ3n) is 5.43. The Morgan fingerprint density at radius 2 is 1.53 bits per heavy atom. The van der Waals surface area contributed by atoms with Crippen LogP contribution in [0.1, 0.15) is 41.5 Å². The second kappa shape index (κ2) is 10.6.